The molecule has 4 heteroatoms. The van der Waals surface area contributed by atoms with E-state index in [2.05, 4.69) is 17.2 Å². The van der Waals surface area contributed by atoms with Crippen LogP contribution in [0.3, 0.4) is 0 Å². The molecule has 0 saturated heterocycles. The van der Waals surface area contributed by atoms with E-state index in [4.69, 9.17) is 0 Å². The van der Waals surface area contributed by atoms with Gasteiger partial charge in [0.2, 0.25) is 11.8 Å². The molecule has 1 aliphatic heterocycles. The van der Waals surface area contributed by atoms with Crippen LogP contribution in [0, 0.1) is 0 Å². The zero-order valence-electron chi connectivity index (χ0n) is 8.04. The molecule has 15 heavy (non-hydrogen) atoms. The molecule has 0 spiro atoms. The van der Waals surface area contributed by atoms with Gasteiger partial charge in [-0.2, -0.15) is 0 Å². The maximum Gasteiger partial charge on any atom is 0.247 e. The minimum absolute atomic E-state index is 0.0165. The van der Waals surface area contributed by atoms with Gasteiger partial charge in [-0.05, 0) is 29.8 Å². The first-order valence-electron chi connectivity index (χ1n) is 4.55. The maximum atomic E-state index is 11.1. The second kappa shape index (κ2) is 3.57. The van der Waals surface area contributed by atoms with Crippen molar-refractivity contribution < 1.29 is 9.59 Å². The van der Waals surface area contributed by atoms with Crippen molar-refractivity contribution in [2.75, 3.05) is 10.6 Å². The van der Waals surface area contributed by atoms with Gasteiger partial charge in [-0.15, -0.1) is 0 Å². The van der Waals surface area contributed by atoms with E-state index < -0.39 is 0 Å². The van der Waals surface area contributed by atoms with Crippen molar-refractivity contribution >= 4 is 23.2 Å². The molecule has 2 amide bonds. The number of nitrogens with one attached hydrogen (secondary N) is 2. The number of hydrogen-bond donors (Lipinski definition) is 2. The molecule has 0 aliphatic carbocycles. The molecule has 1 aromatic carbocycles. The van der Waals surface area contributed by atoms with Crippen LogP contribution in [-0.4, -0.2) is 11.8 Å². The highest BCUT2D eigenvalue weighted by atomic mass is 16.2. The lowest BCUT2D eigenvalue weighted by Gasteiger charge is -2.04. The van der Waals surface area contributed by atoms with E-state index in [0.29, 0.717) is 12.1 Å². The number of fused-ring (bicyclic) bond motifs is 1. The fourth-order valence-electron chi connectivity index (χ4n) is 1.50. The minimum atomic E-state index is -0.257. The number of hydrogen-bond acceptors (Lipinski definition) is 2. The first-order valence-corrected chi connectivity index (χ1v) is 4.55. The van der Waals surface area contributed by atoms with E-state index in [9.17, 15) is 9.59 Å². The first-order chi connectivity index (χ1) is 7.19. The second-order valence-corrected chi connectivity index (χ2v) is 3.29. The molecule has 76 valence electrons. The predicted molar refractivity (Wildman–Crippen MR) is 57.6 cm³/mol. The molecule has 0 bridgehead atoms. The second-order valence-electron chi connectivity index (χ2n) is 3.29. The van der Waals surface area contributed by atoms with Crippen molar-refractivity contribution in [1.82, 2.24) is 0 Å². The van der Waals surface area contributed by atoms with Gasteiger partial charge in [0, 0.05) is 11.4 Å². The van der Waals surface area contributed by atoms with E-state index in [0.717, 1.165) is 11.3 Å². The lowest BCUT2D eigenvalue weighted by molar-refractivity contribution is -0.115. The van der Waals surface area contributed by atoms with Gasteiger partial charge < -0.3 is 10.6 Å². The molecule has 0 saturated carbocycles. The van der Waals surface area contributed by atoms with Crippen LogP contribution in [0.5, 0.6) is 0 Å². The van der Waals surface area contributed by atoms with Crippen LogP contribution in [-0.2, 0) is 16.0 Å². The Kier molecular flexibility index (Phi) is 2.25. The molecule has 1 aliphatic rings. The SMILES string of the molecule is C=CC(=O)Nc1ccc2c(c1)CC(=O)N2. The van der Waals surface area contributed by atoms with Crippen molar-refractivity contribution in [1.29, 1.82) is 0 Å². The van der Waals surface area contributed by atoms with E-state index in [1.54, 1.807) is 18.2 Å². The lowest BCUT2D eigenvalue weighted by atomic mass is 10.1. The summed E-state index contributed by atoms with van der Waals surface area (Å²) < 4.78 is 0. The van der Waals surface area contributed by atoms with Crippen molar-refractivity contribution in [2.45, 2.75) is 6.42 Å². The van der Waals surface area contributed by atoms with Crippen molar-refractivity contribution in [3.63, 3.8) is 0 Å². The quantitative estimate of drug-likeness (QED) is 0.710. The minimum Gasteiger partial charge on any atom is -0.326 e. The molecule has 0 fully saturated rings. The summed E-state index contributed by atoms with van der Waals surface area (Å²) in [5.74, 6) is -0.274. The summed E-state index contributed by atoms with van der Waals surface area (Å²) in [7, 11) is 0. The van der Waals surface area contributed by atoms with Crippen LogP contribution in [0.2, 0.25) is 0 Å². The number of carbonyl (C=O) groups excluding carboxylic acids is 2. The smallest absolute Gasteiger partial charge is 0.247 e. The first kappa shape index (κ1) is 9.45. The Morgan fingerprint density at radius 3 is 3.07 bits per heavy atom. The van der Waals surface area contributed by atoms with Crippen molar-refractivity contribution in [3.8, 4) is 0 Å². The topological polar surface area (TPSA) is 58.2 Å². The maximum absolute atomic E-state index is 11.1. The molecule has 1 aromatic rings. The summed E-state index contributed by atoms with van der Waals surface area (Å²) in [5, 5.41) is 5.36. The Balaban J connectivity index is 2.23. The van der Waals surface area contributed by atoms with Gasteiger partial charge in [-0.25, -0.2) is 0 Å². The zero-order chi connectivity index (χ0) is 10.8. The van der Waals surface area contributed by atoms with Crippen LogP contribution in [0.25, 0.3) is 0 Å². The third kappa shape index (κ3) is 1.88. The predicted octanol–water partition coefficient (Wildman–Crippen LogP) is 1.31. The van der Waals surface area contributed by atoms with Crippen LogP contribution < -0.4 is 10.6 Å². The zero-order valence-corrected chi connectivity index (χ0v) is 8.04. The van der Waals surface area contributed by atoms with Crippen LogP contribution >= 0.6 is 0 Å². The monoisotopic (exact) mass is 202 g/mol. The number of benzene rings is 1. The van der Waals surface area contributed by atoms with Gasteiger partial charge >= 0.3 is 0 Å². The largest absolute Gasteiger partial charge is 0.326 e. The summed E-state index contributed by atoms with van der Waals surface area (Å²) >= 11 is 0. The highest BCUT2D eigenvalue weighted by Gasteiger charge is 2.17. The lowest BCUT2D eigenvalue weighted by Crippen LogP contribution is -2.07. The normalized spacial score (nSPS) is 12.9. The fourth-order valence-corrected chi connectivity index (χ4v) is 1.50. The van der Waals surface area contributed by atoms with E-state index in [-0.39, 0.29) is 11.8 Å². The number of carbonyl (C=O) groups is 2. The molecular formula is C11H10N2O2. The van der Waals surface area contributed by atoms with Crippen LogP contribution in [0.1, 0.15) is 5.56 Å². The van der Waals surface area contributed by atoms with E-state index >= 15 is 0 Å². The average Bonchev–Trinajstić information content (AvgIpc) is 2.57. The Hall–Kier alpha value is -2.10. The summed E-state index contributed by atoms with van der Waals surface area (Å²) in [6.07, 6.45) is 1.57. The Labute approximate surface area is 87.0 Å². The summed E-state index contributed by atoms with van der Waals surface area (Å²) in [6, 6.07) is 5.30. The molecule has 4 nitrogen and oxygen atoms in total. The molecule has 2 N–H and O–H groups in total. The van der Waals surface area contributed by atoms with Gasteiger partial charge in [0.05, 0.1) is 6.42 Å². The van der Waals surface area contributed by atoms with Gasteiger partial charge in [0.1, 0.15) is 0 Å². The number of amides is 2. The van der Waals surface area contributed by atoms with Gasteiger partial charge in [-0.3, -0.25) is 9.59 Å². The van der Waals surface area contributed by atoms with Crippen LogP contribution in [0.4, 0.5) is 11.4 Å². The molecule has 0 radical (unpaired) electrons. The molecular weight excluding hydrogens is 192 g/mol. The Morgan fingerprint density at radius 2 is 2.33 bits per heavy atom. The van der Waals surface area contributed by atoms with E-state index in [1.807, 2.05) is 0 Å². The Bertz CT molecular complexity index is 452. The summed E-state index contributed by atoms with van der Waals surface area (Å²) in [4.78, 5) is 22.1. The number of rotatable bonds is 2. The summed E-state index contributed by atoms with van der Waals surface area (Å²) in [5.41, 5.74) is 2.40. The van der Waals surface area contributed by atoms with Gasteiger partial charge in [0.15, 0.2) is 0 Å². The average molecular weight is 202 g/mol. The van der Waals surface area contributed by atoms with Crippen LogP contribution in [0.15, 0.2) is 30.9 Å². The van der Waals surface area contributed by atoms with Crippen molar-refractivity contribution in [2.24, 2.45) is 0 Å². The standard InChI is InChI=1S/C11H10N2O2/c1-2-10(14)12-8-3-4-9-7(5-8)6-11(15)13-9/h2-5H,1,6H2,(H,12,14)(H,13,15). The fraction of sp³-hybridized carbons (Fsp3) is 0.0909. The molecule has 0 unspecified atom stereocenters. The third-order valence-corrected chi connectivity index (χ3v) is 2.18. The van der Waals surface area contributed by atoms with Gasteiger partial charge in [-0.1, -0.05) is 6.58 Å². The number of anilines is 2. The highest BCUT2D eigenvalue weighted by Crippen LogP contribution is 2.25. The molecule has 1 heterocycles. The third-order valence-electron chi connectivity index (χ3n) is 2.18. The van der Waals surface area contributed by atoms with E-state index in [1.165, 1.54) is 6.08 Å². The summed E-state index contributed by atoms with van der Waals surface area (Å²) in [6.45, 7) is 3.36. The Morgan fingerprint density at radius 1 is 1.53 bits per heavy atom. The van der Waals surface area contributed by atoms with Crippen molar-refractivity contribution in [3.05, 3.63) is 36.4 Å². The molecule has 0 aromatic heterocycles. The van der Waals surface area contributed by atoms with Gasteiger partial charge in [0.25, 0.3) is 0 Å². The highest BCUT2D eigenvalue weighted by molar-refractivity contribution is 6.02. The molecule has 0 atom stereocenters. The molecule has 2 rings (SSSR count).